The summed E-state index contributed by atoms with van der Waals surface area (Å²) in [4.78, 5) is 39.5. The zero-order chi connectivity index (χ0) is 13.7. The first-order valence-electron chi connectivity index (χ1n) is 6.29. The van der Waals surface area contributed by atoms with Crippen molar-refractivity contribution in [3.05, 3.63) is 17.5 Å². The lowest BCUT2D eigenvalue weighted by Gasteiger charge is -2.29. The third-order valence-electron chi connectivity index (χ3n) is 3.96. The fourth-order valence-electron chi connectivity index (χ4n) is 3.06. The molecule has 0 aromatic carbocycles. The van der Waals surface area contributed by atoms with Crippen LogP contribution in [0.1, 0.15) is 35.4 Å². The average Bonchev–Trinajstić information content (AvgIpc) is 2.93. The van der Waals surface area contributed by atoms with Crippen LogP contribution in [0.2, 0.25) is 0 Å². The lowest BCUT2D eigenvalue weighted by atomic mass is 9.96. The molecule has 1 aromatic rings. The molecule has 1 aromatic heterocycles. The Bertz CT molecular complexity index is 567. The molecule has 0 radical (unpaired) electrons. The number of anilines is 1. The van der Waals surface area contributed by atoms with Crippen molar-refractivity contribution in [1.29, 1.82) is 0 Å². The zero-order valence-electron chi connectivity index (χ0n) is 10.5. The number of nitrogens with one attached hydrogen (secondary N) is 1. The summed E-state index contributed by atoms with van der Waals surface area (Å²) < 4.78 is 0. The van der Waals surface area contributed by atoms with E-state index < -0.39 is 5.97 Å². The van der Waals surface area contributed by atoms with E-state index in [0.717, 1.165) is 17.7 Å². The molecular formula is C13H14N2O4. The first kappa shape index (κ1) is 12.0. The van der Waals surface area contributed by atoms with Gasteiger partial charge in [0.25, 0.3) is 0 Å². The molecule has 100 valence electrons. The molecule has 3 rings (SSSR count). The van der Waals surface area contributed by atoms with Crippen molar-refractivity contribution in [2.45, 2.75) is 26.2 Å². The number of aromatic nitrogens is 1. The van der Waals surface area contributed by atoms with Gasteiger partial charge in [0.15, 0.2) is 0 Å². The van der Waals surface area contributed by atoms with Gasteiger partial charge in [-0.15, -0.1) is 0 Å². The maximum Gasteiger partial charge on any atom is 0.354 e. The number of aromatic amines is 1. The molecule has 6 heteroatoms. The highest BCUT2D eigenvalue weighted by molar-refractivity contribution is 6.20. The number of imide groups is 1. The minimum Gasteiger partial charge on any atom is -0.477 e. The van der Waals surface area contributed by atoms with Gasteiger partial charge in [0.05, 0.1) is 5.69 Å². The first-order chi connectivity index (χ1) is 8.99. The normalized spacial score (nSPS) is 26.1. The minimum atomic E-state index is -1.17. The van der Waals surface area contributed by atoms with Gasteiger partial charge in [-0.05, 0) is 32.3 Å². The number of piperidine rings is 1. The first-order valence-corrected chi connectivity index (χ1v) is 6.29. The van der Waals surface area contributed by atoms with Crippen LogP contribution in [0.25, 0.3) is 0 Å². The number of H-pyrrole nitrogens is 1. The molecule has 2 atom stereocenters. The summed E-state index contributed by atoms with van der Waals surface area (Å²) in [6.07, 6.45) is 2.05. The summed E-state index contributed by atoms with van der Waals surface area (Å²) in [6.45, 7) is 1.70. The van der Waals surface area contributed by atoms with Crippen LogP contribution >= 0.6 is 0 Å². The molecule has 2 aliphatic rings. The van der Waals surface area contributed by atoms with Gasteiger partial charge in [-0.25, -0.2) is 9.69 Å². The zero-order valence-corrected chi connectivity index (χ0v) is 10.5. The van der Waals surface area contributed by atoms with Crippen LogP contribution in [0.5, 0.6) is 0 Å². The summed E-state index contributed by atoms with van der Waals surface area (Å²) in [5.41, 5.74) is 0.697. The molecule has 6 nitrogen and oxygen atoms in total. The number of hydrogen-bond donors (Lipinski definition) is 2. The van der Waals surface area contributed by atoms with Crippen LogP contribution in [0, 0.1) is 18.8 Å². The van der Waals surface area contributed by atoms with Crippen LogP contribution in [0.4, 0.5) is 5.69 Å². The summed E-state index contributed by atoms with van der Waals surface area (Å²) in [6, 6.07) is 1.55. The quantitative estimate of drug-likeness (QED) is 0.786. The second-order valence-electron chi connectivity index (χ2n) is 5.24. The molecule has 1 aliphatic heterocycles. The maximum atomic E-state index is 12.3. The number of carboxylic acids is 1. The predicted octanol–water partition coefficient (Wildman–Crippen LogP) is 1.31. The van der Waals surface area contributed by atoms with Gasteiger partial charge in [0, 0.05) is 17.5 Å². The summed E-state index contributed by atoms with van der Waals surface area (Å²) in [5.74, 6) is -1.97. The van der Waals surface area contributed by atoms with Crippen molar-refractivity contribution in [2.75, 3.05) is 4.90 Å². The van der Waals surface area contributed by atoms with Crippen molar-refractivity contribution in [2.24, 2.45) is 11.8 Å². The number of aromatic carboxylic acids is 1. The Morgan fingerprint density at radius 2 is 1.89 bits per heavy atom. The molecule has 2 fully saturated rings. The molecule has 2 N–H and O–H groups in total. The highest BCUT2D eigenvalue weighted by atomic mass is 16.4. The Hall–Kier alpha value is -2.11. The molecule has 2 unspecified atom stereocenters. The fourth-order valence-corrected chi connectivity index (χ4v) is 3.06. The van der Waals surface area contributed by atoms with Crippen LogP contribution in [0.3, 0.4) is 0 Å². The third-order valence-corrected chi connectivity index (χ3v) is 3.96. The number of rotatable bonds is 2. The monoisotopic (exact) mass is 262 g/mol. The Labute approximate surface area is 109 Å². The Balaban J connectivity index is 2.08. The lowest BCUT2D eigenvalue weighted by molar-refractivity contribution is -0.132. The predicted molar refractivity (Wildman–Crippen MR) is 65.8 cm³/mol. The highest BCUT2D eigenvalue weighted by Gasteiger charge is 2.47. The number of aryl methyl sites for hydroxylation is 1. The summed E-state index contributed by atoms with van der Waals surface area (Å²) in [5, 5.41) is 9.15. The number of nitrogens with zero attached hydrogens (tertiary/aromatic N) is 1. The van der Waals surface area contributed by atoms with Gasteiger partial charge in [-0.1, -0.05) is 0 Å². The van der Waals surface area contributed by atoms with Crippen LogP contribution < -0.4 is 4.90 Å². The maximum absolute atomic E-state index is 12.3. The smallest absolute Gasteiger partial charge is 0.354 e. The van der Waals surface area contributed by atoms with E-state index in [2.05, 4.69) is 4.98 Å². The van der Waals surface area contributed by atoms with Crippen molar-refractivity contribution < 1.29 is 19.5 Å². The molecule has 1 aliphatic carbocycles. The van der Waals surface area contributed by atoms with Gasteiger partial charge in [0.2, 0.25) is 11.8 Å². The Morgan fingerprint density at radius 1 is 1.32 bits per heavy atom. The van der Waals surface area contributed by atoms with Gasteiger partial charge < -0.3 is 10.1 Å². The molecule has 2 heterocycles. The van der Waals surface area contributed by atoms with E-state index in [-0.39, 0.29) is 35.0 Å². The Morgan fingerprint density at radius 3 is 2.42 bits per heavy atom. The fraction of sp³-hybridized carbons (Fsp3) is 0.462. The second-order valence-corrected chi connectivity index (χ2v) is 5.24. The van der Waals surface area contributed by atoms with Gasteiger partial charge in [-0.2, -0.15) is 0 Å². The molecule has 1 saturated heterocycles. The molecular weight excluding hydrogens is 248 g/mol. The van der Waals surface area contributed by atoms with E-state index in [9.17, 15) is 14.4 Å². The molecule has 1 saturated carbocycles. The average molecular weight is 262 g/mol. The number of amides is 2. The number of carbonyl (C=O) groups is 3. The van der Waals surface area contributed by atoms with Crippen LogP contribution in [-0.2, 0) is 9.59 Å². The van der Waals surface area contributed by atoms with Crippen LogP contribution in [0.15, 0.2) is 6.07 Å². The molecule has 0 spiro atoms. The molecule has 2 amide bonds. The summed E-state index contributed by atoms with van der Waals surface area (Å²) >= 11 is 0. The number of fused-ring (bicyclic) bond motifs is 2. The molecule has 19 heavy (non-hydrogen) atoms. The van der Waals surface area contributed by atoms with Crippen molar-refractivity contribution in [3.8, 4) is 0 Å². The van der Waals surface area contributed by atoms with Crippen molar-refractivity contribution >= 4 is 23.5 Å². The largest absolute Gasteiger partial charge is 0.477 e. The number of hydrogen-bond acceptors (Lipinski definition) is 3. The van der Waals surface area contributed by atoms with E-state index in [1.54, 1.807) is 13.0 Å². The Kier molecular flexibility index (Phi) is 2.48. The van der Waals surface area contributed by atoms with E-state index >= 15 is 0 Å². The number of carbonyl (C=O) groups excluding carboxylic acids is 2. The lowest BCUT2D eigenvalue weighted by Crippen LogP contribution is -2.46. The second kappa shape index (κ2) is 3.94. The van der Waals surface area contributed by atoms with Gasteiger partial charge in [-0.3, -0.25) is 9.59 Å². The topological polar surface area (TPSA) is 90.5 Å². The highest BCUT2D eigenvalue weighted by Crippen LogP contribution is 2.40. The SMILES string of the molecule is Cc1cc(N2C(=O)C3CCC(C3)C2=O)c(C(=O)O)[nH]1. The van der Waals surface area contributed by atoms with Crippen LogP contribution in [-0.4, -0.2) is 27.9 Å². The van der Waals surface area contributed by atoms with Gasteiger partial charge in [0.1, 0.15) is 5.69 Å². The summed E-state index contributed by atoms with van der Waals surface area (Å²) in [7, 11) is 0. The minimum absolute atomic E-state index is 0.0968. The third kappa shape index (κ3) is 1.67. The van der Waals surface area contributed by atoms with Gasteiger partial charge >= 0.3 is 5.97 Å². The van der Waals surface area contributed by atoms with E-state index in [0.29, 0.717) is 12.1 Å². The van der Waals surface area contributed by atoms with Crippen molar-refractivity contribution in [1.82, 2.24) is 4.98 Å². The van der Waals surface area contributed by atoms with E-state index in [1.807, 2.05) is 0 Å². The van der Waals surface area contributed by atoms with E-state index in [4.69, 9.17) is 5.11 Å². The molecule has 2 bridgehead atoms. The standard InChI is InChI=1S/C13H14N2O4/c1-6-4-9(10(14-6)13(18)19)15-11(16)7-2-3-8(5-7)12(15)17/h4,7-8,14H,2-3,5H2,1H3,(H,18,19). The number of carboxylic acid groups (broad SMARTS) is 1. The van der Waals surface area contributed by atoms with Crippen molar-refractivity contribution in [3.63, 3.8) is 0 Å². The van der Waals surface area contributed by atoms with E-state index in [1.165, 1.54) is 0 Å².